The topological polar surface area (TPSA) is 32.5 Å². The molecule has 3 unspecified atom stereocenters. The Morgan fingerprint density at radius 1 is 1.40 bits per heavy atom. The first-order valence-electron chi connectivity index (χ1n) is 7.34. The minimum absolute atomic E-state index is 0.168. The summed E-state index contributed by atoms with van der Waals surface area (Å²) in [7, 11) is 4.30. The van der Waals surface area contributed by atoms with E-state index in [-0.39, 0.29) is 6.04 Å². The molecule has 112 valence electrons. The second kappa shape index (κ2) is 6.33. The first-order chi connectivity index (χ1) is 9.38. The van der Waals surface area contributed by atoms with Gasteiger partial charge in [-0.2, -0.15) is 0 Å². The van der Waals surface area contributed by atoms with Gasteiger partial charge in [-0.1, -0.05) is 24.6 Å². The quantitative estimate of drug-likeness (QED) is 0.927. The molecule has 1 aromatic carbocycles. The molecule has 20 heavy (non-hydrogen) atoms. The van der Waals surface area contributed by atoms with E-state index in [9.17, 15) is 0 Å². The van der Waals surface area contributed by atoms with Crippen molar-refractivity contribution in [1.82, 2.24) is 4.90 Å². The molecule has 0 aromatic heterocycles. The summed E-state index contributed by atoms with van der Waals surface area (Å²) in [5.41, 5.74) is 8.21. The predicted molar refractivity (Wildman–Crippen MR) is 87.7 cm³/mol. The fraction of sp³-hybridized carbons (Fsp3) is 0.625. The lowest BCUT2D eigenvalue weighted by Crippen LogP contribution is -2.34. The van der Waals surface area contributed by atoms with Gasteiger partial charge in [0, 0.05) is 25.2 Å². The molecule has 2 N–H and O–H groups in total. The maximum absolute atomic E-state index is 6.47. The van der Waals surface area contributed by atoms with Crippen LogP contribution < -0.4 is 10.6 Å². The summed E-state index contributed by atoms with van der Waals surface area (Å²) >= 11 is 6.47. The molecule has 0 radical (unpaired) electrons. The summed E-state index contributed by atoms with van der Waals surface area (Å²) in [6, 6.07) is 7.12. The fourth-order valence-electron chi connectivity index (χ4n) is 3.12. The molecular weight excluding hydrogens is 270 g/mol. The molecule has 0 bridgehead atoms. The molecule has 0 saturated carbocycles. The third kappa shape index (κ3) is 3.46. The predicted octanol–water partition coefficient (Wildman–Crippen LogP) is 2.62. The molecule has 0 aliphatic carbocycles. The Labute approximate surface area is 127 Å². The lowest BCUT2D eigenvalue weighted by atomic mass is 10.1. The van der Waals surface area contributed by atoms with Crippen molar-refractivity contribution in [2.45, 2.75) is 32.4 Å². The molecule has 1 heterocycles. The summed E-state index contributed by atoms with van der Waals surface area (Å²) < 4.78 is 0. The lowest BCUT2D eigenvalue weighted by Gasteiger charge is -2.23. The van der Waals surface area contributed by atoms with Crippen molar-refractivity contribution in [2.24, 2.45) is 11.7 Å². The van der Waals surface area contributed by atoms with Gasteiger partial charge >= 0.3 is 0 Å². The van der Waals surface area contributed by atoms with E-state index in [2.05, 4.69) is 49.0 Å². The van der Waals surface area contributed by atoms with Crippen molar-refractivity contribution in [3.05, 3.63) is 28.8 Å². The van der Waals surface area contributed by atoms with E-state index < -0.39 is 0 Å². The van der Waals surface area contributed by atoms with Crippen LogP contribution in [-0.4, -0.2) is 44.2 Å². The maximum atomic E-state index is 6.47. The highest BCUT2D eigenvalue weighted by molar-refractivity contribution is 6.33. The Morgan fingerprint density at radius 2 is 2.10 bits per heavy atom. The van der Waals surface area contributed by atoms with Crippen LogP contribution in [0.3, 0.4) is 0 Å². The number of likely N-dealkylation sites (N-methyl/N-ethyl adjacent to an activating group) is 1. The molecular formula is C16H26ClN3. The molecule has 1 aliphatic heterocycles. The zero-order chi connectivity index (χ0) is 14.9. The van der Waals surface area contributed by atoms with Gasteiger partial charge in [0.2, 0.25) is 0 Å². The van der Waals surface area contributed by atoms with Gasteiger partial charge in [0.1, 0.15) is 0 Å². The summed E-state index contributed by atoms with van der Waals surface area (Å²) in [5.74, 6) is 0.657. The molecule has 3 atom stereocenters. The van der Waals surface area contributed by atoms with Crippen LogP contribution in [0.15, 0.2) is 18.2 Å². The van der Waals surface area contributed by atoms with Crippen LogP contribution in [-0.2, 0) is 6.42 Å². The van der Waals surface area contributed by atoms with E-state index in [0.29, 0.717) is 12.0 Å². The minimum atomic E-state index is 0.168. The Morgan fingerprint density at radius 3 is 2.60 bits per heavy atom. The number of nitrogens with zero attached hydrogens (tertiary/aromatic N) is 2. The Hall–Kier alpha value is -0.770. The van der Waals surface area contributed by atoms with Gasteiger partial charge in [-0.3, -0.25) is 0 Å². The number of benzene rings is 1. The normalized spacial score (nSPS) is 24.4. The molecule has 4 heteroatoms. The number of nitrogens with two attached hydrogens (primary N) is 1. The SMILES string of the molecule is CC(N)Cc1ccc(N2CC(C)C(N(C)C)C2)c(Cl)c1. The monoisotopic (exact) mass is 295 g/mol. The standard InChI is InChI=1S/C16H26ClN3/c1-11-9-20(10-16(11)19(3)4)15-6-5-13(7-12(2)18)8-14(15)17/h5-6,8,11-12,16H,7,9-10,18H2,1-4H3. The van der Waals surface area contributed by atoms with Crippen LogP contribution in [0.5, 0.6) is 0 Å². The average Bonchev–Trinajstić information content (AvgIpc) is 2.70. The largest absolute Gasteiger partial charge is 0.368 e. The maximum Gasteiger partial charge on any atom is 0.0642 e. The Balaban J connectivity index is 2.14. The lowest BCUT2D eigenvalue weighted by molar-refractivity contribution is 0.266. The van der Waals surface area contributed by atoms with Crippen molar-refractivity contribution in [3.8, 4) is 0 Å². The number of anilines is 1. The minimum Gasteiger partial charge on any atom is -0.368 e. The molecule has 0 amide bonds. The van der Waals surface area contributed by atoms with Crippen molar-refractivity contribution in [1.29, 1.82) is 0 Å². The van der Waals surface area contributed by atoms with Crippen LogP contribution in [0.2, 0.25) is 5.02 Å². The summed E-state index contributed by atoms with van der Waals surface area (Å²) in [5, 5.41) is 0.842. The van der Waals surface area contributed by atoms with Crippen LogP contribution >= 0.6 is 11.6 Å². The van der Waals surface area contributed by atoms with Crippen molar-refractivity contribution in [3.63, 3.8) is 0 Å². The second-order valence-electron chi connectivity index (χ2n) is 6.38. The van der Waals surface area contributed by atoms with Gasteiger partial charge in [0.25, 0.3) is 0 Å². The Kier molecular flexibility index (Phi) is 4.95. The van der Waals surface area contributed by atoms with Crippen molar-refractivity contribution in [2.75, 3.05) is 32.1 Å². The molecule has 2 rings (SSSR count). The van der Waals surface area contributed by atoms with Gasteiger partial charge in [0.15, 0.2) is 0 Å². The molecule has 1 aromatic rings. The molecule has 1 saturated heterocycles. The second-order valence-corrected chi connectivity index (χ2v) is 6.79. The van der Waals surface area contributed by atoms with Gasteiger partial charge in [-0.05, 0) is 51.1 Å². The van der Waals surface area contributed by atoms with Crippen molar-refractivity contribution >= 4 is 17.3 Å². The number of halogens is 1. The molecule has 3 nitrogen and oxygen atoms in total. The molecule has 1 fully saturated rings. The van der Waals surface area contributed by atoms with Crippen LogP contribution in [0.4, 0.5) is 5.69 Å². The first kappa shape index (κ1) is 15.6. The average molecular weight is 296 g/mol. The van der Waals surface area contributed by atoms with Gasteiger partial charge in [-0.25, -0.2) is 0 Å². The highest BCUT2D eigenvalue weighted by Gasteiger charge is 2.31. The van der Waals surface area contributed by atoms with Crippen LogP contribution in [0.25, 0.3) is 0 Å². The van der Waals surface area contributed by atoms with Gasteiger partial charge in [-0.15, -0.1) is 0 Å². The van der Waals surface area contributed by atoms with E-state index in [0.717, 1.165) is 30.2 Å². The smallest absolute Gasteiger partial charge is 0.0642 e. The van der Waals surface area contributed by atoms with Crippen LogP contribution in [0.1, 0.15) is 19.4 Å². The number of rotatable bonds is 4. The van der Waals surface area contributed by atoms with E-state index in [1.807, 2.05) is 6.92 Å². The Bertz CT molecular complexity index is 459. The third-order valence-electron chi connectivity index (χ3n) is 4.15. The van der Waals surface area contributed by atoms with Gasteiger partial charge in [0.05, 0.1) is 10.7 Å². The molecule has 0 spiro atoms. The zero-order valence-corrected chi connectivity index (χ0v) is 13.7. The van der Waals surface area contributed by atoms with E-state index in [4.69, 9.17) is 17.3 Å². The summed E-state index contributed by atoms with van der Waals surface area (Å²) in [4.78, 5) is 4.70. The highest BCUT2D eigenvalue weighted by Crippen LogP contribution is 2.32. The zero-order valence-electron chi connectivity index (χ0n) is 12.9. The highest BCUT2D eigenvalue weighted by atomic mass is 35.5. The molecule has 1 aliphatic rings. The number of hydrogen-bond acceptors (Lipinski definition) is 3. The summed E-state index contributed by atoms with van der Waals surface area (Å²) in [6.07, 6.45) is 0.872. The van der Waals surface area contributed by atoms with E-state index >= 15 is 0 Å². The van der Waals surface area contributed by atoms with E-state index in [1.54, 1.807) is 0 Å². The summed E-state index contributed by atoms with van der Waals surface area (Å²) in [6.45, 7) is 6.43. The van der Waals surface area contributed by atoms with E-state index in [1.165, 1.54) is 5.56 Å². The van der Waals surface area contributed by atoms with Crippen LogP contribution in [0, 0.1) is 5.92 Å². The fourth-order valence-corrected chi connectivity index (χ4v) is 3.45. The number of hydrogen-bond donors (Lipinski definition) is 1. The van der Waals surface area contributed by atoms with Crippen molar-refractivity contribution < 1.29 is 0 Å². The first-order valence-corrected chi connectivity index (χ1v) is 7.71. The van der Waals surface area contributed by atoms with Gasteiger partial charge < -0.3 is 15.5 Å². The third-order valence-corrected chi connectivity index (χ3v) is 4.45.